The number of nitrogens with zero attached hydrogens (tertiary/aromatic N) is 1. The van der Waals surface area contributed by atoms with Crippen molar-refractivity contribution in [2.45, 2.75) is 57.8 Å². The fourth-order valence-corrected chi connectivity index (χ4v) is 11.1. The van der Waals surface area contributed by atoms with Crippen molar-refractivity contribution in [1.82, 2.24) is 0 Å². The fraction of sp³-hybridized carbons (Fsp3) is 0.158. The van der Waals surface area contributed by atoms with Gasteiger partial charge in [-0.25, -0.2) is 0 Å². The molecule has 0 spiro atoms. The molecule has 0 saturated carbocycles. The summed E-state index contributed by atoms with van der Waals surface area (Å²) in [6.45, 7) is 14.3. The fourth-order valence-electron chi connectivity index (χ4n) is 11.1. The Labute approximate surface area is 343 Å². The standard InChI is InChI=1S/C57H47N/c1-55(2)48-29-14-9-23-45(48)53-42(24-18-30-49(53)55)40-21-10-15-31-51(40)58(36-33-34-39-37-19-7-12-27-46(37)56(3,4)50(39)35-36)52-32-16-11-22-41(52)44-26-17-25-43-38-20-8-13-28-47(38)57(5,6)54(43)44/h7-35H,1-6H3. The molecule has 8 aromatic rings. The SMILES string of the molecule is CC1(C)c2ccccc2-c2ccc(N(c3ccccc3-c3cccc4c3-c3ccccc3C4(C)C)c3ccccc3-c3cccc4c3C(C)(C)c3ccccc3-4)cc21. The zero-order valence-electron chi connectivity index (χ0n) is 34.2. The second kappa shape index (κ2) is 12.3. The first kappa shape index (κ1) is 34.8. The highest BCUT2D eigenvalue weighted by atomic mass is 15.1. The Morgan fingerprint density at radius 2 is 0.690 bits per heavy atom. The summed E-state index contributed by atoms with van der Waals surface area (Å²) in [4.78, 5) is 2.56. The van der Waals surface area contributed by atoms with E-state index in [2.05, 4.69) is 222 Å². The minimum absolute atomic E-state index is 0.0954. The van der Waals surface area contributed by atoms with Crippen LogP contribution < -0.4 is 4.90 Å². The number of rotatable bonds is 5. The number of fused-ring (bicyclic) bond motifs is 9. The van der Waals surface area contributed by atoms with E-state index < -0.39 is 0 Å². The highest BCUT2D eigenvalue weighted by Crippen LogP contribution is 2.57. The molecule has 3 aliphatic carbocycles. The normalized spacial score (nSPS) is 15.5. The lowest BCUT2D eigenvalue weighted by Crippen LogP contribution is -2.18. The molecular formula is C57H47N. The smallest absolute Gasteiger partial charge is 0.0540 e. The summed E-state index contributed by atoms with van der Waals surface area (Å²) < 4.78 is 0. The lowest BCUT2D eigenvalue weighted by molar-refractivity contribution is 0.660. The Kier molecular flexibility index (Phi) is 7.36. The number of hydrogen-bond donors (Lipinski definition) is 0. The van der Waals surface area contributed by atoms with E-state index in [1.54, 1.807) is 0 Å². The summed E-state index contributed by atoms with van der Waals surface area (Å²) in [5, 5.41) is 0. The first-order valence-corrected chi connectivity index (χ1v) is 20.8. The first-order valence-electron chi connectivity index (χ1n) is 20.8. The second-order valence-corrected chi connectivity index (χ2v) is 18.1. The summed E-state index contributed by atoms with van der Waals surface area (Å²) in [6.07, 6.45) is 0. The van der Waals surface area contributed by atoms with E-state index >= 15 is 0 Å². The zero-order chi connectivity index (χ0) is 39.6. The van der Waals surface area contributed by atoms with Gasteiger partial charge in [0.2, 0.25) is 0 Å². The average molecular weight is 746 g/mol. The van der Waals surface area contributed by atoms with E-state index in [-0.39, 0.29) is 16.2 Å². The molecule has 1 heteroatoms. The van der Waals surface area contributed by atoms with Crippen molar-refractivity contribution in [2.24, 2.45) is 0 Å². The third-order valence-corrected chi connectivity index (χ3v) is 13.9. The van der Waals surface area contributed by atoms with Gasteiger partial charge < -0.3 is 4.90 Å². The molecule has 58 heavy (non-hydrogen) atoms. The monoisotopic (exact) mass is 745 g/mol. The van der Waals surface area contributed by atoms with Gasteiger partial charge in [-0.3, -0.25) is 0 Å². The van der Waals surface area contributed by atoms with E-state index in [0.717, 1.165) is 17.1 Å². The van der Waals surface area contributed by atoms with Crippen LogP contribution >= 0.6 is 0 Å². The summed E-state index contributed by atoms with van der Waals surface area (Å²) in [5.74, 6) is 0. The molecule has 11 rings (SSSR count). The lowest BCUT2D eigenvalue weighted by atomic mass is 9.78. The Morgan fingerprint density at radius 1 is 0.293 bits per heavy atom. The molecule has 0 atom stereocenters. The van der Waals surface area contributed by atoms with Crippen molar-refractivity contribution >= 4 is 17.1 Å². The summed E-state index contributed by atoms with van der Waals surface area (Å²) in [5.41, 5.74) is 24.4. The summed E-state index contributed by atoms with van der Waals surface area (Å²) in [6, 6.07) is 66.2. The molecule has 0 unspecified atom stereocenters. The molecule has 8 aromatic carbocycles. The largest absolute Gasteiger partial charge is 0.309 e. The van der Waals surface area contributed by atoms with E-state index in [4.69, 9.17) is 0 Å². The molecule has 0 radical (unpaired) electrons. The van der Waals surface area contributed by atoms with Crippen LogP contribution in [0.15, 0.2) is 176 Å². The Bertz CT molecular complexity index is 2990. The van der Waals surface area contributed by atoms with Gasteiger partial charge in [0.05, 0.1) is 11.4 Å². The van der Waals surface area contributed by atoms with E-state index in [0.29, 0.717) is 0 Å². The zero-order valence-corrected chi connectivity index (χ0v) is 34.2. The maximum Gasteiger partial charge on any atom is 0.0540 e. The number of hydrogen-bond acceptors (Lipinski definition) is 1. The first-order chi connectivity index (χ1) is 28.1. The summed E-state index contributed by atoms with van der Waals surface area (Å²) in [7, 11) is 0. The van der Waals surface area contributed by atoms with Gasteiger partial charge in [-0.05, 0) is 102 Å². The Balaban J connectivity index is 1.19. The van der Waals surface area contributed by atoms with Crippen molar-refractivity contribution in [3.8, 4) is 55.6 Å². The van der Waals surface area contributed by atoms with Crippen LogP contribution in [-0.2, 0) is 16.2 Å². The average Bonchev–Trinajstić information content (AvgIpc) is 3.74. The molecule has 280 valence electrons. The molecular weight excluding hydrogens is 699 g/mol. The minimum Gasteiger partial charge on any atom is -0.309 e. The Morgan fingerprint density at radius 3 is 1.34 bits per heavy atom. The van der Waals surface area contributed by atoms with Crippen molar-refractivity contribution in [3.05, 3.63) is 209 Å². The molecule has 0 heterocycles. The van der Waals surface area contributed by atoms with Crippen LogP contribution in [0.5, 0.6) is 0 Å². The van der Waals surface area contributed by atoms with Gasteiger partial charge >= 0.3 is 0 Å². The van der Waals surface area contributed by atoms with Crippen LogP contribution in [0.4, 0.5) is 17.1 Å². The third kappa shape index (κ3) is 4.71. The van der Waals surface area contributed by atoms with E-state index in [9.17, 15) is 0 Å². The van der Waals surface area contributed by atoms with Gasteiger partial charge in [-0.2, -0.15) is 0 Å². The van der Waals surface area contributed by atoms with Crippen LogP contribution in [0.2, 0.25) is 0 Å². The van der Waals surface area contributed by atoms with E-state index in [1.165, 1.54) is 89.0 Å². The van der Waals surface area contributed by atoms with Gasteiger partial charge in [-0.15, -0.1) is 0 Å². The van der Waals surface area contributed by atoms with Gasteiger partial charge in [0, 0.05) is 33.1 Å². The van der Waals surface area contributed by atoms with Gasteiger partial charge in [0.1, 0.15) is 0 Å². The molecule has 1 nitrogen and oxygen atoms in total. The van der Waals surface area contributed by atoms with Gasteiger partial charge in [0.25, 0.3) is 0 Å². The third-order valence-electron chi connectivity index (χ3n) is 13.9. The van der Waals surface area contributed by atoms with Crippen molar-refractivity contribution in [1.29, 1.82) is 0 Å². The van der Waals surface area contributed by atoms with Crippen molar-refractivity contribution in [3.63, 3.8) is 0 Å². The molecule has 0 saturated heterocycles. The number of benzene rings is 8. The topological polar surface area (TPSA) is 3.24 Å². The van der Waals surface area contributed by atoms with Gasteiger partial charge in [-0.1, -0.05) is 193 Å². The highest BCUT2D eigenvalue weighted by molar-refractivity contribution is 6.01. The maximum atomic E-state index is 2.56. The Hall–Kier alpha value is -6.44. The van der Waals surface area contributed by atoms with Gasteiger partial charge in [0.15, 0.2) is 0 Å². The molecule has 0 amide bonds. The van der Waals surface area contributed by atoms with Crippen molar-refractivity contribution in [2.75, 3.05) is 4.90 Å². The molecule has 0 fully saturated rings. The molecule has 0 aromatic heterocycles. The molecule has 0 bridgehead atoms. The highest BCUT2D eigenvalue weighted by Gasteiger charge is 2.40. The predicted molar refractivity (Wildman–Crippen MR) is 245 cm³/mol. The van der Waals surface area contributed by atoms with E-state index in [1.807, 2.05) is 0 Å². The van der Waals surface area contributed by atoms with Crippen LogP contribution in [0, 0.1) is 0 Å². The second-order valence-electron chi connectivity index (χ2n) is 18.1. The predicted octanol–water partition coefficient (Wildman–Crippen LogP) is 15.4. The molecule has 0 N–H and O–H groups in total. The lowest BCUT2D eigenvalue weighted by Gasteiger charge is -2.32. The molecule has 3 aliphatic rings. The van der Waals surface area contributed by atoms with Crippen LogP contribution in [0.3, 0.4) is 0 Å². The van der Waals surface area contributed by atoms with Crippen LogP contribution in [0.25, 0.3) is 55.6 Å². The summed E-state index contributed by atoms with van der Waals surface area (Å²) >= 11 is 0. The van der Waals surface area contributed by atoms with Crippen molar-refractivity contribution < 1.29 is 0 Å². The number of anilines is 3. The number of para-hydroxylation sites is 2. The van der Waals surface area contributed by atoms with Crippen LogP contribution in [-0.4, -0.2) is 0 Å². The molecule has 0 aliphatic heterocycles. The minimum atomic E-state index is -0.160. The maximum absolute atomic E-state index is 2.56. The quantitative estimate of drug-likeness (QED) is 0.170. The van der Waals surface area contributed by atoms with Crippen LogP contribution in [0.1, 0.15) is 74.9 Å².